The minimum absolute atomic E-state index is 0.291. The van der Waals surface area contributed by atoms with Crippen molar-refractivity contribution in [1.29, 1.82) is 0 Å². The zero-order chi connectivity index (χ0) is 17.7. The van der Waals surface area contributed by atoms with E-state index in [0.29, 0.717) is 38.3 Å². The Kier molecular flexibility index (Phi) is 5.70. The third-order valence-corrected chi connectivity index (χ3v) is 3.67. The van der Waals surface area contributed by atoms with Crippen LogP contribution >= 0.6 is 0 Å². The van der Waals surface area contributed by atoms with E-state index in [1.807, 2.05) is 39.0 Å². The van der Waals surface area contributed by atoms with Gasteiger partial charge in [0.05, 0.1) is 17.9 Å². The van der Waals surface area contributed by atoms with E-state index in [2.05, 4.69) is 4.90 Å². The molecule has 0 aromatic heterocycles. The van der Waals surface area contributed by atoms with E-state index < -0.39 is 5.60 Å². The molecule has 0 N–H and O–H groups in total. The second kappa shape index (κ2) is 7.55. The molecule has 1 fully saturated rings. The van der Waals surface area contributed by atoms with Gasteiger partial charge < -0.3 is 19.3 Å². The lowest BCUT2D eigenvalue weighted by molar-refractivity contribution is 0.0239. The first-order valence-corrected chi connectivity index (χ1v) is 8.31. The zero-order valence-corrected chi connectivity index (χ0v) is 14.9. The smallest absolute Gasteiger partial charge is 0.410 e. The summed E-state index contributed by atoms with van der Waals surface area (Å²) in [5.74, 6) is -0.317. The molecule has 0 bridgehead atoms. The maximum Gasteiger partial charge on any atom is 0.410 e. The van der Waals surface area contributed by atoms with E-state index in [4.69, 9.17) is 9.47 Å². The minimum atomic E-state index is -0.495. The number of amides is 1. The average molecular weight is 334 g/mol. The summed E-state index contributed by atoms with van der Waals surface area (Å²) in [5.41, 5.74) is 0.912. The first-order chi connectivity index (χ1) is 11.3. The predicted molar refractivity (Wildman–Crippen MR) is 92.4 cm³/mol. The molecule has 6 nitrogen and oxygen atoms in total. The second-order valence-corrected chi connectivity index (χ2v) is 6.69. The highest BCUT2D eigenvalue weighted by Gasteiger charge is 2.27. The fourth-order valence-corrected chi connectivity index (χ4v) is 2.59. The number of carbonyl (C=O) groups excluding carboxylic acids is 2. The molecule has 6 heteroatoms. The van der Waals surface area contributed by atoms with Gasteiger partial charge in [-0.1, -0.05) is 12.1 Å². The summed E-state index contributed by atoms with van der Waals surface area (Å²) in [6.45, 7) is 10.1. The Hall–Kier alpha value is -2.24. The summed E-state index contributed by atoms with van der Waals surface area (Å²) in [5, 5.41) is 0. The number of nitrogens with zero attached hydrogens (tertiary/aromatic N) is 2. The van der Waals surface area contributed by atoms with Crippen molar-refractivity contribution in [2.45, 2.75) is 33.3 Å². The molecule has 1 aliphatic heterocycles. The summed E-state index contributed by atoms with van der Waals surface area (Å²) < 4.78 is 10.5. The molecular weight excluding hydrogens is 308 g/mol. The maximum atomic E-state index is 12.1. The van der Waals surface area contributed by atoms with E-state index in [-0.39, 0.29) is 12.1 Å². The Morgan fingerprint density at radius 3 is 2.29 bits per heavy atom. The molecule has 1 aliphatic rings. The molecule has 132 valence electrons. The molecule has 0 aliphatic carbocycles. The van der Waals surface area contributed by atoms with Crippen LogP contribution in [-0.4, -0.2) is 55.3 Å². The van der Waals surface area contributed by atoms with E-state index in [0.717, 1.165) is 5.69 Å². The van der Waals surface area contributed by atoms with Crippen LogP contribution in [0.25, 0.3) is 0 Å². The number of hydrogen-bond acceptors (Lipinski definition) is 5. The van der Waals surface area contributed by atoms with Crippen molar-refractivity contribution in [2.24, 2.45) is 0 Å². The van der Waals surface area contributed by atoms with Crippen LogP contribution in [0.15, 0.2) is 24.3 Å². The molecule has 1 amide bonds. The van der Waals surface area contributed by atoms with E-state index in [1.165, 1.54) is 0 Å². The summed E-state index contributed by atoms with van der Waals surface area (Å²) in [4.78, 5) is 28.0. The molecule has 0 spiro atoms. The molecule has 24 heavy (non-hydrogen) atoms. The quantitative estimate of drug-likeness (QED) is 0.796. The molecule has 1 aromatic rings. The fourth-order valence-electron chi connectivity index (χ4n) is 2.59. The van der Waals surface area contributed by atoms with Crippen molar-refractivity contribution >= 4 is 17.7 Å². The van der Waals surface area contributed by atoms with Gasteiger partial charge in [-0.3, -0.25) is 0 Å². The summed E-state index contributed by atoms with van der Waals surface area (Å²) >= 11 is 0. The highest BCUT2D eigenvalue weighted by Crippen LogP contribution is 2.23. The largest absolute Gasteiger partial charge is 0.462 e. The standard InChI is InChI=1S/C18H26N2O4/c1-5-23-16(21)14-8-6-7-9-15(14)19-10-12-20(13-11-19)17(22)24-18(2,3)4/h6-9H,5,10-13H2,1-4H3. The third-order valence-electron chi connectivity index (χ3n) is 3.67. The molecule has 1 saturated heterocycles. The number of rotatable bonds is 3. The number of piperazine rings is 1. The van der Waals surface area contributed by atoms with Gasteiger partial charge in [0.25, 0.3) is 0 Å². The summed E-state index contributed by atoms with van der Waals surface area (Å²) in [6, 6.07) is 7.41. The van der Waals surface area contributed by atoms with Gasteiger partial charge in [0.1, 0.15) is 5.60 Å². The highest BCUT2D eigenvalue weighted by atomic mass is 16.6. The third kappa shape index (κ3) is 4.63. The molecule has 0 unspecified atom stereocenters. The van der Waals surface area contributed by atoms with Gasteiger partial charge in [0, 0.05) is 26.2 Å². The first kappa shape index (κ1) is 18.1. The number of carbonyl (C=O) groups is 2. The Morgan fingerprint density at radius 1 is 1.08 bits per heavy atom. The topological polar surface area (TPSA) is 59.1 Å². The number of para-hydroxylation sites is 1. The fraction of sp³-hybridized carbons (Fsp3) is 0.556. The minimum Gasteiger partial charge on any atom is -0.462 e. The lowest BCUT2D eigenvalue weighted by Gasteiger charge is -2.37. The van der Waals surface area contributed by atoms with Crippen molar-refractivity contribution < 1.29 is 19.1 Å². The Balaban J connectivity index is 2.03. The van der Waals surface area contributed by atoms with Crippen LogP contribution < -0.4 is 4.90 Å². The zero-order valence-electron chi connectivity index (χ0n) is 14.9. The van der Waals surface area contributed by atoms with Gasteiger partial charge >= 0.3 is 12.1 Å². The molecule has 0 saturated carbocycles. The number of benzene rings is 1. The van der Waals surface area contributed by atoms with Gasteiger partial charge in [-0.05, 0) is 39.8 Å². The van der Waals surface area contributed by atoms with Gasteiger partial charge in [-0.2, -0.15) is 0 Å². The van der Waals surface area contributed by atoms with E-state index in [9.17, 15) is 9.59 Å². The molecular formula is C18H26N2O4. The van der Waals surface area contributed by atoms with Crippen LogP contribution in [-0.2, 0) is 9.47 Å². The van der Waals surface area contributed by atoms with Crippen LogP contribution in [0.2, 0.25) is 0 Å². The summed E-state index contributed by atoms with van der Waals surface area (Å²) in [7, 11) is 0. The van der Waals surface area contributed by atoms with E-state index in [1.54, 1.807) is 17.9 Å². The van der Waals surface area contributed by atoms with Crippen LogP contribution in [0.5, 0.6) is 0 Å². The van der Waals surface area contributed by atoms with Crippen LogP contribution in [0.4, 0.5) is 10.5 Å². The van der Waals surface area contributed by atoms with Crippen molar-refractivity contribution in [3.63, 3.8) is 0 Å². The average Bonchev–Trinajstić information content (AvgIpc) is 2.53. The Bertz CT molecular complexity index is 587. The molecule has 0 radical (unpaired) electrons. The molecule has 2 rings (SSSR count). The monoisotopic (exact) mass is 334 g/mol. The first-order valence-electron chi connectivity index (χ1n) is 8.31. The van der Waals surface area contributed by atoms with Gasteiger partial charge in [0.2, 0.25) is 0 Å². The SMILES string of the molecule is CCOC(=O)c1ccccc1N1CCN(C(=O)OC(C)(C)C)CC1. The maximum absolute atomic E-state index is 12.1. The lowest BCUT2D eigenvalue weighted by Crippen LogP contribution is -2.50. The van der Waals surface area contributed by atoms with Crippen molar-refractivity contribution in [3.8, 4) is 0 Å². The Morgan fingerprint density at radius 2 is 1.71 bits per heavy atom. The van der Waals surface area contributed by atoms with Crippen molar-refractivity contribution in [1.82, 2.24) is 4.90 Å². The lowest BCUT2D eigenvalue weighted by atomic mass is 10.1. The molecule has 0 atom stereocenters. The number of esters is 1. The van der Waals surface area contributed by atoms with Crippen molar-refractivity contribution in [2.75, 3.05) is 37.7 Å². The summed E-state index contributed by atoms with van der Waals surface area (Å²) in [6.07, 6.45) is -0.291. The Labute approximate surface area is 143 Å². The number of anilines is 1. The number of hydrogen-bond donors (Lipinski definition) is 0. The van der Waals surface area contributed by atoms with Crippen LogP contribution in [0.1, 0.15) is 38.1 Å². The molecule has 1 aromatic carbocycles. The van der Waals surface area contributed by atoms with Gasteiger partial charge in [-0.15, -0.1) is 0 Å². The molecule has 1 heterocycles. The van der Waals surface area contributed by atoms with Crippen LogP contribution in [0, 0.1) is 0 Å². The van der Waals surface area contributed by atoms with Crippen molar-refractivity contribution in [3.05, 3.63) is 29.8 Å². The number of ether oxygens (including phenoxy) is 2. The predicted octanol–water partition coefficient (Wildman–Crippen LogP) is 2.92. The highest BCUT2D eigenvalue weighted by molar-refractivity contribution is 5.96. The van der Waals surface area contributed by atoms with E-state index >= 15 is 0 Å². The second-order valence-electron chi connectivity index (χ2n) is 6.69. The normalized spacial score (nSPS) is 15.2. The van der Waals surface area contributed by atoms with Crippen LogP contribution in [0.3, 0.4) is 0 Å². The van der Waals surface area contributed by atoms with Gasteiger partial charge in [-0.25, -0.2) is 9.59 Å². The van der Waals surface area contributed by atoms with Gasteiger partial charge in [0.15, 0.2) is 0 Å².